The van der Waals surface area contributed by atoms with Gasteiger partial charge < -0.3 is 9.47 Å². The van der Waals surface area contributed by atoms with E-state index in [0.717, 1.165) is 11.3 Å². The van der Waals surface area contributed by atoms with Crippen LogP contribution in [0, 0.1) is 0 Å². The lowest BCUT2D eigenvalue weighted by Crippen LogP contribution is -2.12. The first-order valence-electron chi connectivity index (χ1n) is 7.29. The molecule has 0 saturated heterocycles. The fourth-order valence-electron chi connectivity index (χ4n) is 2.07. The number of esters is 1. The number of nitrogens with zero attached hydrogens (tertiary/aromatic N) is 1. The smallest absolute Gasteiger partial charge is 0.356 e. The average Bonchev–Trinajstić information content (AvgIpc) is 3.10. The van der Waals surface area contributed by atoms with Crippen molar-refractivity contribution in [1.29, 1.82) is 0 Å². The first-order valence-corrected chi connectivity index (χ1v) is 7.29. The summed E-state index contributed by atoms with van der Waals surface area (Å²) >= 11 is 0. The molecule has 0 radical (unpaired) electrons. The van der Waals surface area contributed by atoms with E-state index in [9.17, 15) is 4.79 Å². The van der Waals surface area contributed by atoms with E-state index in [-0.39, 0.29) is 6.61 Å². The zero-order chi connectivity index (χ0) is 15.9. The quantitative estimate of drug-likeness (QED) is 0.560. The molecule has 1 N–H and O–H groups in total. The second kappa shape index (κ2) is 7.26. The molecular weight excluding hydrogens is 292 g/mol. The molecule has 23 heavy (non-hydrogen) atoms. The van der Waals surface area contributed by atoms with Crippen LogP contribution in [0.15, 0.2) is 66.7 Å². The summed E-state index contributed by atoms with van der Waals surface area (Å²) < 4.78 is 10.6. The molecule has 0 aliphatic rings. The van der Waals surface area contributed by atoms with Gasteiger partial charge in [-0.15, -0.1) is 0 Å². The molecule has 1 aromatic heterocycles. The monoisotopic (exact) mass is 308 g/mol. The summed E-state index contributed by atoms with van der Waals surface area (Å²) in [6.07, 6.45) is 0. The number of nitrogens with one attached hydrogen (secondary N) is 1. The second-order valence-corrected chi connectivity index (χ2v) is 4.83. The van der Waals surface area contributed by atoms with E-state index in [1.807, 2.05) is 60.7 Å². The van der Waals surface area contributed by atoms with Crippen molar-refractivity contribution in [3.8, 4) is 17.0 Å². The third kappa shape index (κ3) is 3.97. The van der Waals surface area contributed by atoms with Crippen molar-refractivity contribution in [2.24, 2.45) is 0 Å². The van der Waals surface area contributed by atoms with Crippen molar-refractivity contribution in [2.75, 3.05) is 13.2 Å². The number of rotatable bonds is 6. The number of para-hydroxylation sites is 1. The van der Waals surface area contributed by atoms with Gasteiger partial charge in [0.05, 0.1) is 5.69 Å². The Morgan fingerprint density at radius 1 is 0.957 bits per heavy atom. The molecular formula is C18H16N2O3. The highest BCUT2D eigenvalue weighted by molar-refractivity contribution is 5.88. The van der Waals surface area contributed by atoms with E-state index in [1.165, 1.54) is 0 Å². The minimum atomic E-state index is -0.448. The Morgan fingerprint density at radius 3 is 2.39 bits per heavy atom. The fourth-order valence-corrected chi connectivity index (χ4v) is 2.07. The van der Waals surface area contributed by atoms with Gasteiger partial charge in [0.2, 0.25) is 0 Å². The van der Waals surface area contributed by atoms with Crippen LogP contribution in [0.2, 0.25) is 0 Å². The molecule has 5 heteroatoms. The zero-order valence-electron chi connectivity index (χ0n) is 12.4. The lowest BCUT2D eigenvalue weighted by atomic mass is 10.1. The zero-order valence-corrected chi connectivity index (χ0v) is 12.4. The molecule has 0 saturated carbocycles. The van der Waals surface area contributed by atoms with Crippen LogP contribution in [-0.4, -0.2) is 29.4 Å². The van der Waals surface area contributed by atoms with Crippen molar-refractivity contribution in [3.63, 3.8) is 0 Å². The maximum absolute atomic E-state index is 12.0. The predicted octanol–water partition coefficient (Wildman–Crippen LogP) is 3.31. The van der Waals surface area contributed by atoms with Crippen LogP contribution in [0.25, 0.3) is 11.3 Å². The normalized spacial score (nSPS) is 10.3. The maximum Gasteiger partial charge on any atom is 0.356 e. The molecule has 0 unspecified atom stereocenters. The van der Waals surface area contributed by atoms with Crippen molar-refractivity contribution >= 4 is 5.97 Å². The number of hydrogen-bond acceptors (Lipinski definition) is 4. The largest absolute Gasteiger partial charge is 0.490 e. The van der Waals surface area contributed by atoms with Crippen LogP contribution in [0.1, 0.15) is 10.5 Å². The number of carbonyl (C=O) groups excluding carboxylic acids is 1. The molecule has 3 rings (SSSR count). The van der Waals surface area contributed by atoms with Gasteiger partial charge in [-0.25, -0.2) is 4.79 Å². The predicted molar refractivity (Wildman–Crippen MR) is 86.2 cm³/mol. The lowest BCUT2D eigenvalue weighted by Gasteiger charge is -2.06. The van der Waals surface area contributed by atoms with Gasteiger partial charge in [-0.3, -0.25) is 5.10 Å². The van der Waals surface area contributed by atoms with E-state index < -0.39 is 5.97 Å². The van der Waals surface area contributed by atoms with Gasteiger partial charge in [0.1, 0.15) is 24.7 Å². The highest BCUT2D eigenvalue weighted by Gasteiger charge is 2.12. The molecule has 2 aromatic carbocycles. The van der Waals surface area contributed by atoms with Crippen molar-refractivity contribution < 1.29 is 14.3 Å². The topological polar surface area (TPSA) is 64.2 Å². The minimum Gasteiger partial charge on any atom is -0.490 e. The fraction of sp³-hybridized carbons (Fsp3) is 0.111. The Kier molecular flexibility index (Phi) is 4.69. The summed E-state index contributed by atoms with van der Waals surface area (Å²) in [5, 5.41) is 6.82. The number of aromatic nitrogens is 2. The van der Waals surface area contributed by atoms with Crippen LogP contribution in [0.5, 0.6) is 5.75 Å². The Morgan fingerprint density at radius 2 is 1.65 bits per heavy atom. The SMILES string of the molecule is O=C(OCCOc1ccccc1)c1cc(-c2ccccc2)n[nH]1. The van der Waals surface area contributed by atoms with E-state index in [2.05, 4.69) is 10.2 Å². The number of aromatic amines is 1. The van der Waals surface area contributed by atoms with Crippen molar-refractivity contribution in [3.05, 3.63) is 72.4 Å². The lowest BCUT2D eigenvalue weighted by molar-refractivity contribution is 0.0443. The highest BCUT2D eigenvalue weighted by Crippen LogP contribution is 2.17. The highest BCUT2D eigenvalue weighted by atomic mass is 16.6. The molecule has 3 aromatic rings. The Hall–Kier alpha value is -3.08. The third-order valence-electron chi connectivity index (χ3n) is 3.20. The summed E-state index contributed by atoms with van der Waals surface area (Å²) in [6, 6.07) is 20.7. The van der Waals surface area contributed by atoms with Crippen LogP contribution < -0.4 is 4.74 Å². The van der Waals surface area contributed by atoms with E-state index >= 15 is 0 Å². The van der Waals surface area contributed by atoms with E-state index in [1.54, 1.807) is 6.07 Å². The van der Waals surface area contributed by atoms with Crippen LogP contribution in [0.4, 0.5) is 0 Å². The number of H-pyrrole nitrogens is 1. The summed E-state index contributed by atoms with van der Waals surface area (Å²) in [7, 11) is 0. The number of ether oxygens (including phenoxy) is 2. The molecule has 5 nitrogen and oxygen atoms in total. The molecule has 0 spiro atoms. The number of benzene rings is 2. The first kappa shape index (κ1) is 14.8. The molecule has 0 bridgehead atoms. The van der Waals surface area contributed by atoms with Crippen LogP contribution in [0.3, 0.4) is 0 Å². The molecule has 0 fully saturated rings. The number of carbonyl (C=O) groups is 1. The Balaban J connectivity index is 1.50. The Labute approximate surface area is 133 Å². The van der Waals surface area contributed by atoms with Crippen molar-refractivity contribution in [2.45, 2.75) is 0 Å². The number of hydrogen-bond donors (Lipinski definition) is 1. The van der Waals surface area contributed by atoms with Crippen LogP contribution >= 0.6 is 0 Å². The molecule has 0 atom stereocenters. The van der Waals surface area contributed by atoms with E-state index in [0.29, 0.717) is 18.0 Å². The van der Waals surface area contributed by atoms with Gasteiger partial charge in [-0.2, -0.15) is 5.10 Å². The van der Waals surface area contributed by atoms with E-state index in [4.69, 9.17) is 9.47 Å². The molecule has 116 valence electrons. The third-order valence-corrected chi connectivity index (χ3v) is 3.20. The Bertz CT molecular complexity index is 754. The van der Waals surface area contributed by atoms with Gasteiger partial charge in [-0.1, -0.05) is 48.5 Å². The van der Waals surface area contributed by atoms with Crippen LogP contribution in [-0.2, 0) is 4.74 Å². The van der Waals surface area contributed by atoms with Crippen molar-refractivity contribution in [1.82, 2.24) is 10.2 Å². The van der Waals surface area contributed by atoms with Gasteiger partial charge in [0, 0.05) is 5.56 Å². The van der Waals surface area contributed by atoms with Gasteiger partial charge in [0.15, 0.2) is 0 Å². The van der Waals surface area contributed by atoms with Gasteiger partial charge in [0.25, 0.3) is 0 Å². The summed E-state index contributed by atoms with van der Waals surface area (Å²) in [5.74, 6) is 0.299. The summed E-state index contributed by atoms with van der Waals surface area (Å²) in [4.78, 5) is 12.0. The van der Waals surface area contributed by atoms with Gasteiger partial charge >= 0.3 is 5.97 Å². The standard InChI is InChI=1S/C18H16N2O3/c21-18(23-12-11-22-15-9-5-2-6-10-15)17-13-16(19-20-17)14-7-3-1-4-8-14/h1-10,13H,11-12H2,(H,19,20). The molecule has 0 aliphatic carbocycles. The maximum atomic E-state index is 12.0. The average molecular weight is 308 g/mol. The minimum absolute atomic E-state index is 0.174. The molecule has 0 amide bonds. The van der Waals surface area contributed by atoms with Gasteiger partial charge in [-0.05, 0) is 18.2 Å². The summed E-state index contributed by atoms with van der Waals surface area (Å²) in [5.41, 5.74) is 1.97. The first-order chi connectivity index (χ1) is 11.3. The summed E-state index contributed by atoms with van der Waals surface area (Å²) in [6.45, 7) is 0.475. The molecule has 0 aliphatic heterocycles. The molecule has 1 heterocycles. The second-order valence-electron chi connectivity index (χ2n) is 4.83.